The predicted molar refractivity (Wildman–Crippen MR) is 85.2 cm³/mol. The lowest BCUT2D eigenvalue weighted by atomic mass is 10.2. The maximum absolute atomic E-state index is 12.7. The summed E-state index contributed by atoms with van der Waals surface area (Å²) >= 11 is 1.88. The number of carbonyl (C=O) groups excluding carboxylic acids is 1. The van der Waals surface area contributed by atoms with E-state index in [9.17, 15) is 14.9 Å². The minimum atomic E-state index is -0.463. The summed E-state index contributed by atoms with van der Waals surface area (Å²) in [5.41, 5.74) is -0.0288. The van der Waals surface area contributed by atoms with E-state index >= 15 is 0 Å². The first-order chi connectivity index (χ1) is 10.7. The summed E-state index contributed by atoms with van der Waals surface area (Å²) in [6.07, 6.45) is 3.02. The third kappa shape index (κ3) is 3.01. The molecule has 2 saturated heterocycles. The van der Waals surface area contributed by atoms with Crippen LogP contribution in [0.5, 0.6) is 0 Å². The molecule has 118 valence electrons. The van der Waals surface area contributed by atoms with Crippen molar-refractivity contribution in [3.05, 3.63) is 28.4 Å². The number of nitro groups is 1. The van der Waals surface area contributed by atoms with Gasteiger partial charge in [-0.25, -0.2) is 4.98 Å². The molecule has 0 radical (unpaired) electrons. The van der Waals surface area contributed by atoms with Crippen molar-refractivity contribution < 1.29 is 9.72 Å². The molecule has 0 aliphatic carbocycles. The maximum atomic E-state index is 12.7. The van der Waals surface area contributed by atoms with Crippen LogP contribution in [0.2, 0.25) is 0 Å². The Kier molecular flexibility index (Phi) is 4.47. The van der Waals surface area contributed by atoms with Crippen molar-refractivity contribution in [3.63, 3.8) is 0 Å². The van der Waals surface area contributed by atoms with Crippen molar-refractivity contribution in [2.75, 3.05) is 36.0 Å². The molecule has 0 saturated carbocycles. The normalized spacial score (nSPS) is 21.9. The molecule has 2 aliphatic heterocycles. The fourth-order valence-corrected chi connectivity index (χ4v) is 3.85. The molecule has 3 heterocycles. The second-order valence-electron chi connectivity index (χ2n) is 5.42. The first-order valence-electron chi connectivity index (χ1n) is 7.40. The number of rotatable bonds is 3. The van der Waals surface area contributed by atoms with E-state index in [1.54, 1.807) is 6.07 Å². The highest BCUT2D eigenvalue weighted by Crippen LogP contribution is 2.27. The first kappa shape index (κ1) is 15.1. The van der Waals surface area contributed by atoms with Gasteiger partial charge in [0.15, 0.2) is 0 Å². The van der Waals surface area contributed by atoms with Crippen LogP contribution in [-0.2, 0) is 4.79 Å². The van der Waals surface area contributed by atoms with E-state index in [0.717, 1.165) is 44.0 Å². The molecule has 1 amide bonds. The largest absolute Gasteiger partial charge is 0.345 e. The van der Waals surface area contributed by atoms with Crippen molar-refractivity contribution >= 4 is 29.2 Å². The molecule has 0 aromatic carbocycles. The topological polar surface area (TPSA) is 79.6 Å². The number of amides is 1. The summed E-state index contributed by atoms with van der Waals surface area (Å²) in [6.45, 7) is 2.38. The number of carbonyl (C=O) groups is 1. The van der Waals surface area contributed by atoms with E-state index in [0.29, 0.717) is 5.82 Å². The van der Waals surface area contributed by atoms with Gasteiger partial charge in [-0.15, -0.1) is 0 Å². The van der Waals surface area contributed by atoms with E-state index in [1.165, 1.54) is 12.3 Å². The highest BCUT2D eigenvalue weighted by molar-refractivity contribution is 7.99. The monoisotopic (exact) mass is 322 g/mol. The highest BCUT2D eigenvalue weighted by atomic mass is 32.2. The first-order valence-corrected chi connectivity index (χ1v) is 8.56. The van der Waals surface area contributed by atoms with Crippen molar-refractivity contribution in [1.82, 2.24) is 9.88 Å². The average Bonchev–Trinajstić information content (AvgIpc) is 3.04. The highest BCUT2D eigenvalue weighted by Gasteiger charge is 2.35. The summed E-state index contributed by atoms with van der Waals surface area (Å²) in [5, 5.41) is 10.7. The van der Waals surface area contributed by atoms with Crippen LogP contribution in [0.15, 0.2) is 18.3 Å². The Morgan fingerprint density at radius 3 is 2.73 bits per heavy atom. The molecule has 22 heavy (non-hydrogen) atoms. The Hall–Kier alpha value is -1.83. The SMILES string of the molecule is O=C(C1CCCN1c1ccc([N+](=O)[O-])cn1)N1CCSCC1. The minimum absolute atomic E-state index is 0.0288. The smallest absolute Gasteiger partial charge is 0.287 e. The zero-order valence-corrected chi connectivity index (χ0v) is 13.0. The van der Waals surface area contributed by atoms with E-state index in [-0.39, 0.29) is 17.6 Å². The van der Waals surface area contributed by atoms with E-state index in [1.807, 2.05) is 21.6 Å². The van der Waals surface area contributed by atoms with Gasteiger partial charge in [-0.2, -0.15) is 11.8 Å². The number of hydrogen-bond donors (Lipinski definition) is 0. The molecule has 0 bridgehead atoms. The standard InChI is InChI=1S/C14H18N4O3S/c19-14(16-6-8-22-9-7-16)12-2-1-5-17(12)13-4-3-11(10-15-13)18(20)21/h3-4,10,12H,1-2,5-9H2. The molecule has 0 N–H and O–H groups in total. The number of aromatic nitrogens is 1. The van der Waals surface area contributed by atoms with Gasteiger partial charge in [0.05, 0.1) is 4.92 Å². The van der Waals surface area contributed by atoms with Crippen molar-refractivity contribution in [1.29, 1.82) is 0 Å². The van der Waals surface area contributed by atoms with Crippen LogP contribution in [0.3, 0.4) is 0 Å². The predicted octanol–water partition coefficient (Wildman–Crippen LogP) is 1.53. The van der Waals surface area contributed by atoms with Gasteiger partial charge in [0.25, 0.3) is 5.69 Å². The summed E-state index contributed by atoms with van der Waals surface area (Å²) in [6, 6.07) is 2.90. The molecular weight excluding hydrogens is 304 g/mol. The lowest BCUT2D eigenvalue weighted by Gasteiger charge is -2.32. The van der Waals surface area contributed by atoms with Crippen LogP contribution in [0.4, 0.5) is 11.5 Å². The summed E-state index contributed by atoms with van der Waals surface area (Å²) in [5.74, 6) is 2.80. The van der Waals surface area contributed by atoms with Crippen LogP contribution in [0.1, 0.15) is 12.8 Å². The van der Waals surface area contributed by atoms with Crippen LogP contribution in [0, 0.1) is 10.1 Å². The van der Waals surface area contributed by atoms with Gasteiger partial charge in [0.1, 0.15) is 18.1 Å². The van der Waals surface area contributed by atoms with E-state index < -0.39 is 4.92 Å². The van der Waals surface area contributed by atoms with Gasteiger partial charge >= 0.3 is 0 Å². The number of hydrogen-bond acceptors (Lipinski definition) is 6. The van der Waals surface area contributed by atoms with Crippen LogP contribution < -0.4 is 4.90 Å². The molecule has 3 rings (SSSR count). The van der Waals surface area contributed by atoms with Crippen LogP contribution >= 0.6 is 11.8 Å². The number of thioether (sulfide) groups is 1. The Morgan fingerprint density at radius 2 is 2.09 bits per heavy atom. The Labute approximate surface area is 132 Å². The summed E-state index contributed by atoms with van der Waals surface area (Å²) in [4.78, 5) is 31.0. The van der Waals surface area contributed by atoms with E-state index in [4.69, 9.17) is 0 Å². The maximum Gasteiger partial charge on any atom is 0.287 e. The Balaban J connectivity index is 1.74. The van der Waals surface area contributed by atoms with Gasteiger partial charge in [0.2, 0.25) is 5.91 Å². The molecule has 1 aromatic heterocycles. The van der Waals surface area contributed by atoms with Crippen LogP contribution in [0.25, 0.3) is 0 Å². The molecule has 2 fully saturated rings. The molecule has 0 spiro atoms. The average molecular weight is 322 g/mol. The van der Waals surface area contributed by atoms with Gasteiger partial charge in [-0.3, -0.25) is 14.9 Å². The van der Waals surface area contributed by atoms with Crippen LogP contribution in [-0.4, -0.2) is 57.9 Å². The number of anilines is 1. The number of nitrogens with zero attached hydrogens (tertiary/aromatic N) is 4. The molecule has 8 heteroatoms. The molecule has 1 unspecified atom stereocenters. The lowest BCUT2D eigenvalue weighted by Crippen LogP contribution is -2.48. The van der Waals surface area contributed by atoms with Gasteiger partial charge < -0.3 is 9.80 Å². The third-order valence-corrected chi connectivity index (χ3v) is 5.04. The van der Waals surface area contributed by atoms with E-state index in [2.05, 4.69) is 4.98 Å². The second-order valence-corrected chi connectivity index (χ2v) is 6.65. The fourth-order valence-electron chi connectivity index (χ4n) is 2.95. The quantitative estimate of drug-likeness (QED) is 0.620. The fraction of sp³-hybridized carbons (Fsp3) is 0.571. The summed E-state index contributed by atoms with van der Waals surface area (Å²) < 4.78 is 0. The number of pyridine rings is 1. The molecular formula is C14H18N4O3S. The Bertz CT molecular complexity index is 560. The van der Waals surface area contributed by atoms with Gasteiger partial charge in [-0.1, -0.05) is 0 Å². The minimum Gasteiger partial charge on any atom is -0.345 e. The van der Waals surface area contributed by atoms with Crippen molar-refractivity contribution in [3.8, 4) is 0 Å². The van der Waals surface area contributed by atoms with Crippen molar-refractivity contribution in [2.45, 2.75) is 18.9 Å². The summed E-state index contributed by atoms with van der Waals surface area (Å²) in [7, 11) is 0. The molecule has 2 aliphatic rings. The lowest BCUT2D eigenvalue weighted by molar-refractivity contribution is -0.385. The zero-order valence-electron chi connectivity index (χ0n) is 12.2. The van der Waals surface area contributed by atoms with Crippen molar-refractivity contribution in [2.24, 2.45) is 0 Å². The molecule has 1 atom stereocenters. The van der Waals surface area contributed by atoms with Gasteiger partial charge in [-0.05, 0) is 18.9 Å². The second kappa shape index (κ2) is 6.51. The Morgan fingerprint density at radius 1 is 1.32 bits per heavy atom. The molecule has 7 nitrogen and oxygen atoms in total. The molecule has 1 aromatic rings. The third-order valence-electron chi connectivity index (χ3n) is 4.10. The zero-order chi connectivity index (χ0) is 15.5. The van der Waals surface area contributed by atoms with Gasteiger partial charge in [0, 0.05) is 37.2 Å².